The van der Waals surface area contributed by atoms with Crippen molar-refractivity contribution in [2.45, 2.75) is 31.6 Å². The molecule has 18 heavy (non-hydrogen) atoms. The average molecular weight is 308 g/mol. The first-order valence-corrected chi connectivity index (χ1v) is 6.91. The first-order valence-electron chi connectivity index (χ1n) is 6.12. The van der Waals surface area contributed by atoms with Crippen LogP contribution in [0.25, 0.3) is 0 Å². The molecule has 0 radical (unpaired) electrons. The minimum Gasteiger partial charge on any atom is -0.307 e. The number of halogens is 1. The molecule has 2 aromatic heterocycles. The number of nitrogens with one attached hydrogen (secondary N) is 2. The molecule has 0 unspecified atom stereocenters. The van der Waals surface area contributed by atoms with Gasteiger partial charge in [0, 0.05) is 16.6 Å². The van der Waals surface area contributed by atoms with Gasteiger partial charge in [-0.05, 0) is 40.9 Å². The summed E-state index contributed by atoms with van der Waals surface area (Å²) in [4.78, 5) is 8.71. The summed E-state index contributed by atoms with van der Waals surface area (Å²) in [6, 6.07) is 3.82. The van der Waals surface area contributed by atoms with Gasteiger partial charge < -0.3 is 5.32 Å². The molecule has 2 aromatic rings. The van der Waals surface area contributed by atoms with Crippen LogP contribution < -0.4 is 5.32 Å². The van der Waals surface area contributed by atoms with Crippen LogP contribution in [0.3, 0.4) is 0 Å². The Morgan fingerprint density at radius 1 is 1.28 bits per heavy atom. The van der Waals surface area contributed by atoms with Crippen molar-refractivity contribution in [2.75, 3.05) is 5.32 Å². The van der Waals surface area contributed by atoms with Gasteiger partial charge in [-0.25, -0.2) is 4.98 Å². The van der Waals surface area contributed by atoms with E-state index in [1.165, 1.54) is 25.7 Å². The number of rotatable bonds is 3. The molecule has 0 atom stereocenters. The van der Waals surface area contributed by atoms with Gasteiger partial charge in [0.1, 0.15) is 11.6 Å². The van der Waals surface area contributed by atoms with Crippen molar-refractivity contribution in [3.8, 4) is 0 Å². The summed E-state index contributed by atoms with van der Waals surface area (Å²) in [5, 5.41) is 10.3. The van der Waals surface area contributed by atoms with Crippen LogP contribution in [0.15, 0.2) is 22.8 Å². The number of pyridine rings is 1. The Morgan fingerprint density at radius 3 is 2.83 bits per heavy atom. The van der Waals surface area contributed by atoms with Crippen molar-refractivity contribution in [2.24, 2.45) is 0 Å². The van der Waals surface area contributed by atoms with Crippen molar-refractivity contribution >= 4 is 27.7 Å². The zero-order chi connectivity index (χ0) is 12.4. The highest BCUT2D eigenvalue weighted by Gasteiger charge is 2.20. The fourth-order valence-corrected chi connectivity index (χ4v) is 2.51. The van der Waals surface area contributed by atoms with E-state index < -0.39 is 0 Å². The van der Waals surface area contributed by atoms with E-state index in [0.29, 0.717) is 11.9 Å². The van der Waals surface area contributed by atoms with Crippen LogP contribution in [0.1, 0.15) is 37.4 Å². The van der Waals surface area contributed by atoms with Crippen LogP contribution in [0.4, 0.5) is 11.8 Å². The number of anilines is 2. The molecule has 1 aliphatic carbocycles. The third-order valence-corrected chi connectivity index (χ3v) is 3.68. The summed E-state index contributed by atoms with van der Waals surface area (Å²) >= 11 is 3.35. The third-order valence-electron chi connectivity index (χ3n) is 3.21. The van der Waals surface area contributed by atoms with E-state index in [0.717, 1.165) is 16.1 Å². The molecule has 0 aliphatic heterocycles. The van der Waals surface area contributed by atoms with Crippen LogP contribution in [0.5, 0.6) is 0 Å². The molecule has 1 aliphatic rings. The predicted molar refractivity (Wildman–Crippen MR) is 72.8 cm³/mol. The van der Waals surface area contributed by atoms with Crippen molar-refractivity contribution < 1.29 is 0 Å². The van der Waals surface area contributed by atoms with Gasteiger partial charge in [0.2, 0.25) is 5.95 Å². The Morgan fingerprint density at radius 2 is 2.11 bits per heavy atom. The van der Waals surface area contributed by atoms with Crippen molar-refractivity contribution in [3.63, 3.8) is 0 Å². The van der Waals surface area contributed by atoms with Gasteiger partial charge in [-0.3, -0.25) is 5.10 Å². The molecular formula is C12H14BrN5. The van der Waals surface area contributed by atoms with E-state index >= 15 is 0 Å². The van der Waals surface area contributed by atoms with Crippen LogP contribution in [-0.2, 0) is 0 Å². The number of aromatic amines is 1. The molecule has 0 amide bonds. The second-order valence-corrected chi connectivity index (χ2v) is 5.43. The zero-order valence-corrected chi connectivity index (χ0v) is 11.4. The maximum Gasteiger partial charge on any atom is 0.247 e. The Labute approximate surface area is 114 Å². The summed E-state index contributed by atoms with van der Waals surface area (Å²) in [6.45, 7) is 0. The Balaban J connectivity index is 1.71. The maximum absolute atomic E-state index is 4.48. The number of hydrogen-bond acceptors (Lipinski definition) is 4. The van der Waals surface area contributed by atoms with Crippen LogP contribution in [-0.4, -0.2) is 20.2 Å². The predicted octanol–water partition coefficient (Wildman–Crippen LogP) is 3.36. The normalized spacial score (nSPS) is 16.1. The third kappa shape index (κ3) is 2.53. The lowest BCUT2D eigenvalue weighted by Gasteiger charge is -2.02. The van der Waals surface area contributed by atoms with E-state index in [-0.39, 0.29) is 0 Å². The molecule has 0 aromatic carbocycles. The highest BCUT2D eigenvalue weighted by atomic mass is 79.9. The Hall–Kier alpha value is -1.43. The van der Waals surface area contributed by atoms with E-state index in [2.05, 4.69) is 41.4 Å². The van der Waals surface area contributed by atoms with Gasteiger partial charge >= 0.3 is 0 Å². The van der Waals surface area contributed by atoms with Gasteiger partial charge in [-0.2, -0.15) is 4.98 Å². The molecule has 0 spiro atoms. The quantitative estimate of drug-likeness (QED) is 0.912. The summed E-state index contributed by atoms with van der Waals surface area (Å²) in [6.07, 6.45) is 6.76. The molecule has 0 saturated heterocycles. The topological polar surface area (TPSA) is 66.5 Å². The van der Waals surface area contributed by atoms with E-state index in [4.69, 9.17) is 0 Å². The van der Waals surface area contributed by atoms with Crippen molar-refractivity contribution in [1.29, 1.82) is 0 Å². The monoisotopic (exact) mass is 307 g/mol. The first kappa shape index (κ1) is 11.6. The molecule has 2 heterocycles. The SMILES string of the molecule is Brc1ccc(Nc2n[nH]c(C3CCCC3)n2)nc1. The zero-order valence-electron chi connectivity index (χ0n) is 9.86. The summed E-state index contributed by atoms with van der Waals surface area (Å²) in [5.41, 5.74) is 0. The van der Waals surface area contributed by atoms with Gasteiger partial charge in [0.05, 0.1) is 0 Å². The van der Waals surface area contributed by atoms with Gasteiger partial charge in [0.15, 0.2) is 0 Å². The molecule has 5 nitrogen and oxygen atoms in total. The van der Waals surface area contributed by atoms with Gasteiger partial charge in [-0.15, -0.1) is 5.10 Å². The van der Waals surface area contributed by atoms with Crippen molar-refractivity contribution in [3.05, 3.63) is 28.6 Å². The summed E-state index contributed by atoms with van der Waals surface area (Å²) < 4.78 is 0.953. The Bertz CT molecular complexity index is 516. The minimum absolute atomic E-state index is 0.547. The van der Waals surface area contributed by atoms with E-state index in [9.17, 15) is 0 Å². The lowest BCUT2D eigenvalue weighted by Crippen LogP contribution is -1.96. The number of nitrogens with zero attached hydrogens (tertiary/aromatic N) is 3. The number of H-pyrrole nitrogens is 1. The van der Waals surface area contributed by atoms with E-state index in [1.54, 1.807) is 6.20 Å². The maximum atomic E-state index is 4.48. The molecule has 1 fully saturated rings. The first-order chi connectivity index (χ1) is 8.81. The molecule has 3 rings (SSSR count). The standard InChI is InChI=1S/C12H14BrN5/c13-9-5-6-10(14-7-9)15-12-16-11(17-18-12)8-3-1-2-4-8/h5-8H,1-4H2,(H2,14,15,16,17,18). The van der Waals surface area contributed by atoms with Crippen LogP contribution in [0.2, 0.25) is 0 Å². The van der Waals surface area contributed by atoms with Gasteiger partial charge in [-0.1, -0.05) is 12.8 Å². The lowest BCUT2D eigenvalue weighted by molar-refractivity contribution is 0.672. The molecule has 6 heteroatoms. The largest absolute Gasteiger partial charge is 0.307 e. The molecule has 2 N–H and O–H groups in total. The summed E-state index contributed by atoms with van der Waals surface area (Å²) in [5.74, 6) is 2.87. The van der Waals surface area contributed by atoms with Crippen LogP contribution in [0, 0.1) is 0 Å². The fourth-order valence-electron chi connectivity index (χ4n) is 2.28. The highest BCUT2D eigenvalue weighted by Crippen LogP contribution is 2.32. The fraction of sp³-hybridized carbons (Fsp3) is 0.417. The summed E-state index contributed by atoms with van der Waals surface area (Å²) in [7, 11) is 0. The minimum atomic E-state index is 0.547. The van der Waals surface area contributed by atoms with Crippen molar-refractivity contribution in [1.82, 2.24) is 20.2 Å². The number of hydrogen-bond donors (Lipinski definition) is 2. The number of aromatic nitrogens is 4. The second kappa shape index (κ2) is 5.06. The average Bonchev–Trinajstić information content (AvgIpc) is 3.02. The molecule has 1 saturated carbocycles. The van der Waals surface area contributed by atoms with Crippen LogP contribution >= 0.6 is 15.9 Å². The highest BCUT2D eigenvalue weighted by molar-refractivity contribution is 9.10. The van der Waals surface area contributed by atoms with E-state index in [1.807, 2.05) is 12.1 Å². The smallest absolute Gasteiger partial charge is 0.247 e. The molecular weight excluding hydrogens is 294 g/mol. The molecule has 94 valence electrons. The lowest BCUT2D eigenvalue weighted by atomic mass is 10.1. The molecule has 0 bridgehead atoms. The Kier molecular flexibility index (Phi) is 3.27. The van der Waals surface area contributed by atoms with Gasteiger partial charge in [0.25, 0.3) is 0 Å². The second-order valence-electron chi connectivity index (χ2n) is 4.51.